The molecule has 4 heteroatoms. The zero-order valence-electron chi connectivity index (χ0n) is 8.30. The largest absolute Gasteiger partial charge is 0.292 e. The van der Waals surface area contributed by atoms with Crippen molar-refractivity contribution >= 4 is 17.1 Å². The second-order valence-electron chi connectivity index (χ2n) is 3.19. The molecule has 0 aliphatic rings. The maximum atomic E-state index is 11.8. The van der Waals surface area contributed by atoms with Crippen LogP contribution in [0.3, 0.4) is 0 Å². The normalized spacial score (nSPS) is 10.2. The summed E-state index contributed by atoms with van der Waals surface area (Å²) in [6.45, 7) is 1.88. The van der Waals surface area contributed by atoms with Crippen molar-refractivity contribution in [1.29, 1.82) is 0 Å². The van der Waals surface area contributed by atoms with Gasteiger partial charge in [-0.1, -0.05) is 6.07 Å². The Balaban J connectivity index is 2.15. The number of thiazole rings is 1. The first-order valence-electron chi connectivity index (χ1n) is 4.61. The van der Waals surface area contributed by atoms with E-state index in [1.54, 1.807) is 12.3 Å². The molecule has 0 aliphatic heterocycles. The van der Waals surface area contributed by atoms with Gasteiger partial charge in [0.2, 0.25) is 0 Å². The van der Waals surface area contributed by atoms with Crippen LogP contribution in [-0.4, -0.2) is 15.8 Å². The second kappa shape index (κ2) is 4.31. The molecule has 76 valence electrons. The lowest BCUT2D eigenvalue weighted by atomic mass is 10.2. The lowest BCUT2D eigenvalue weighted by molar-refractivity contribution is 0.0988. The number of aryl methyl sites for hydroxylation is 1. The number of pyridine rings is 1. The first-order valence-corrected chi connectivity index (χ1v) is 5.49. The summed E-state index contributed by atoms with van der Waals surface area (Å²) in [5.41, 5.74) is 1.38. The average Bonchev–Trinajstić information content (AvgIpc) is 2.70. The molecule has 3 nitrogen and oxygen atoms in total. The molecule has 2 aromatic rings. The number of hydrogen-bond acceptors (Lipinski definition) is 4. The van der Waals surface area contributed by atoms with Crippen molar-refractivity contribution in [1.82, 2.24) is 9.97 Å². The summed E-state index contributed by atoms with van der Waals surface area (Å²) in [4.78, 5) is 20.0. The summed E-state index contributed by atoms with van der Waals surface area (Å²) < 4.78 is 0. The molecule has 0 N–H and O–H groups in total. The monoisotopic (exact) mass is 218 g/mol. The quantitative estimate of drug-likeness (QED) is 0.742. The van der Waals surface area contributed by atoms with E-state index in [4.69, 9.17) is 0 Å². The molecule has 0 saturated carbocycles. The fraction of sp³-hybridized carbons (Fsp3) is 0.182. The maximum Gasteiger partial charge on any atom is 0.187 e. The third-order valence-electron chi connectivity index (χ3n) is 1.97. The number of carbonyl (C=O) groups excluding carboxylic acids is 1. The molecule has 2 heterocycles. The molecule has 2 rings (SSSR count). The Morgan fingerprint density at radius 1 is 1.47 bits per heavy atom. The molecule has 0 bridgehead atoms. The molecule has 0 aliphatic carbocycles. The van der Waals surface area contributed by atoms with Crippen LogP contribution >= 0.6 is 11.3 Å². The molecule has 0 unspecified atom stereocenters. The number of rotatable bonds is 3. The van der Waals surface area contributed by atoms with Gasteiger partial charge in [0, 0.05) is 17.3 Å². The topological polar surface area (TPSA) is 42.9 Å². The summed E-state index contributed by atoms with van der Waals surface area (Å²) >= 11 is 1.49. The molecule has 0 radical (unpaired) electrons. The van der Waals surface area contributed by atoms with Gasteiger partial charge in [-0.15, -0.1) is 11.3 Å². The third-order valence-corrected chi connectivity index (χ3v) is 2.75. The summed E-state index contributed by atoms with van der Waals surface area (Å²) in [5.74, 6) is 0.0219. The third kappa shape index (κ3) is 2.47. The van der Waals surface area contributed by atoms with Gasteiger partial charge in [-0.2, -0.15) is 0 Å². The van der Waals surface area contributed by atoms with E-state index >= 15 is 0 Å². The minimum Gasteiger partial charge on any atom is -0.292 e. The SMILES string of the molecule is Cc1cccc(C(=O)Cc2nccs2)n1. The fourth-order valence-corrected chi connectivity index (χ4v) is 1.88. The molecule has 15 heavy (non-hydrogen) atoms. The van der Waals surface area contributed by atoms with Gasteiger partial charge in [0.25, 0.3) is 0 Å². The summed E-state index contributed by atoms with van der Waals surface area (Å²) in [6.07, 6.45) is 2.05. The average molecular weight is 218 g/mol. The van der Waals surface area contributed by atoms with Gasteiger partial charge in [0.15, 0.2) is 5.78 Å². The Morgan fingerprint density at radius 3 is 3.00 bits per heavy atom. The Morgan fingerprint density at radius 2 is 2.33 bits per heavy atom. The molecular formula is C11H10N2OS. The Hall–Kier alpha value is -1.55. The smallest absolute Gasteiger partial charge is 0.187 e. The van der Waals surface area contributed by atoms with Crippen LogP contribution in [0.1, 0.15) is 21.2 Å². The highest BCUT2D eigenvalue weighted by atomic mass is 32.1. The van der Waals surface area contributed by atoms with Crippen molar-refractivity contribution in [2.75, 3.05) is 0 Å². The molecule has 2 aromatic heterocycles. The zero-order valence-corrected chi connectivity index (χ0v) is 9.12. The van der Waals surface area contributed by atoms with E-state index in [0.717, 1.165) is 10.7 Å². The van der Waals surface area contributed by atoms with E-state index in [1.165, 1.54) is 11.3 Å². The van der Waals surface area contributed by atoms with Crippen LogP contribution in [0.15, 0.2) is 29.8 Å². The van der Waals surface area contributed by atoms with Crippen molar-refractivity contribution in [3.05, 3.63) is 46.2 Å². The van der Waals surface area contributed by atoms with Crippen molar-refractivity contribution in [3.8, 4) is 0 Å². The summed E-state index contributed by atoms with van der Waals surface area (Å²) in [7, 11) is 0. The number of Topliss-reactive ketones (excluding diaryl/α,β-unsaturated/α-hetero) is 1. The lowest BCUT2D eigenvalue weighted by Gasteiger charge is -1.98. The molecular weight excluding hydrogens is 208 g/mol. The predicted octanol–water partition coefficient (Wildman–Crippen LogP) is 2.27. The standard InChI is InChI=1S/C11H10N2OS/c1-8-3-2-4-9(13-8)10(14)7-11-12-5-6-15-11/h2-6H,7H2,1H3. The number of carbonyl (C=O) groups is 1. The van der Waals surface area contributed by atoms with E-state index in [9.17, 15) is 4.79 Å². The van der Waals surface area contributed by atoms with Crippen LogP contribution in [0, 0.1) is 6.92 Å². The number of nitrogens with zero attached hydrogens (tertiary/aromatic N) is 2. The van der Waals surface area contributed by atoms with Gasteiger partial charge >= 0.3 is 0 Å². The number of aromatic nitrogens is 2. The van der Waals surface area contributed by atoms with Crippen LogP contribution < -0.4 is 0 Å². The Kier molecular flexibility index (Phi) is 2.87. The molecule has 0 spiro atoms. The molecule has 0 saturated heterocycles. The van der Waals surface area contributed by atoms with E-state index in [-0.39, 0.29) is 5.78 Å². The summed E-state index contributed by atoms with van der Waals surface area (Å²) in [6, 6.07) is 5.46. The molecule has 0 fully saturated rings. The van der Waals surface area contributed by atoms with E-state index in [0.29, 0.717) is 12.1 Å². The zero-order chi connectivity index (χ0) is 10.7. The summed E-state index contributed by atoms with van der Waals surface area (Å²) in [5, 5.41) is 2.70. The van der Waals surface area contributed by atoms with Crippen LogP contribution in [0.5, 0.6) is 0 Å². The van der Waals surface area contributed by atoms with Crippen molar-refractivity contribution < 1.29 is 4.79 Å². The predicted molar refractivity (Wildman–Crippen MR) is 59.1 cm³/mol. The van der Waals surface area contributed by atoms with Crippen LogP contribution in [0.25, 0.3) is 0 Å². The highest BCUT2D eigenvalue weighted by molar-refractivity contribution is 7.09. The fourth-order valence-electron chi connectivity index (χ4n) is 1.27. The van der Waals surface area contributed by atoms with Gasteiger partial charge in [0.05, 0.1) is 6.42 Å². The van der Waals surface area contributed by atoms with Gasteiger partial charge in [-0.3, -0.25) is 9.78 Å². The molecule has 0 atom stereocenters. The van der Waals surface area contributed by atoms with Crippen LogP contribution in [0.2, 0.25) is 0 Å². The Labute approximate surface area is 91.8 Å². The number of ketones is 1. The Bertz CT molecular complexity index is 465. The second-order valence-corrected chi connectivity index (χ2v) is 4.17. The van der Waals surface area contributed by atoms with Crippen molar-refractivity contribution in [2.24, 2.45) is 0 Å². The highest BCUT2D eigenvalue weighted by Crippen LogP contribution is 2.08. The first kappa shape index (κ1) is 9.98. The van der Waals surface area contributed by atoms with E-state index < -0.39 is 0 Å². The minimum atomic E-state index is 0.0219. The van der Waals surface area contributed by atoms with Gasteiger partial charge in [-0.05, 0) is 19.1 Å². The van der Waals surface area contributed by atoms with Crippen molar-refractivity contribution in [2.45, 2.75) is 13.3 Å². The molecule has 0 amide bonds. The lowest BCUT2D eigenvalue weighted by Crippen LogP contribution is -2.06. The van der Waals surface area contributed by atoms with Crippen LogP contribution in [-0.2, 0) is 6.42 Å². The minimum absolute atomic E-state index is 0.0219. The molecule has 0 aromatic carbocycles. The van der Waals surface area contributed by atoms with Gasteiger partial charge in [-0.25, -0.2) is 4.98 Å². The van der Waals surface area contributed by atoms with Gasteiger partial charge in [0.1, 0.15) is 10.7 Å². The highest BCUT2D eigenvalue weighted by Gasteiger charge is 2.09. The maximum absolute atomic E-state index is 11.8. The van der Waals surface area contributed by atoms with E-state index in [1.807, 2.05) is 24.4 Å². The first-order chi connectivity index (χ1) is 7.25. The van der Waals surface area contributed by atoms with Crippen LogP contribution in [0.4, 0.5) is 0 Å². The van der Waals surface area contributed by atoms with Gasteiger partial charge < -0.3 is 0 Å². The van der Waals surface area contributed by atoms with Crippen molar-refractivity contribution in [3.63, 3.8) is 0 Å². The number of hydrogen-bond donors (Lipinski definition) is 0. The van der Waals surface area contributed by atoms with E-state index in [2.05, 4.69) is 9.97 Å².